The highest BCUT2D eigenvalue weighted by atomic mass is 16.1. The Morgan fingerprint density at radius 3 is 2.65 bits per heavy atom. The molecule has 98 valence electrons. The summed E-state index contributed by atoms with van der Waals surface area (Å²) in [6.07, 6.45) is 5.57. The number of aromatic amines is 1. The van der Waals surface area contributed by atoms with E-state index in [0.29, 0.717) is 12.1 Å². The molecule has 0 atom stereocenters. The molecule has 0 amide bonds. The van der Waals surface area contributed by atoms with Gasteiger partial charge in [-0.15, -0.1) is 0 Å². The third-order valence-corrected chi connectivity index (χ3v) is 3.03. The Bertz CT molecular complexity index is 751. The number of nitrogens with one attached hydrogen (secondary N) is 1. The van der Waals surface area contributed by atoms with Crippen LogP contribution >= 0.6 is 0 Å². The summed E-state index contributed by atoms with van der Waals surface area (Å²) in [4.78, 5) is 23.1. The second-order valence-corrected chi connectivity index (χ2v) is 4.47. The van der Waals surface area contributed by atoms with Gasteiger partial charge >= 0.3 is 0 Å². The van der Waals surface area contributed by atoms with Gasteiger partial charge in [-0.3, -0.25) is 9.78 Å². The van der Waals surface area contributed by atoms with Crippen molar-refractivity contribution in [2.45, 2.75) is 6.42 Å². The van der Waals surface area contributed by atoms with E-state index >= 15 is 0 Å². The van der Waals surface area contributed by atoms with Crippen molar-refractivity contribution in [2.75, 3.05) is 0 Å². The summed E-state index contributed by atoms with van der Waals surface area (Å²) in [6, 6.07) is 13.6. The second kappa shape index (κ2) is 5.48. The maximum Gasteiger partial charge on any atom is 0.270 e. The summed E-state index contributed by atoms with van der Waals surface area (Å²) in [5, 5.41) is 0. The van der Waals surface area contributed by atoms with Gasteiger partial charge in [-0.2, -0.15) is 0 Å². The molecule has 0 unspecified atom stereocenters. The van der Waals surface area contributed by atoms with Gasteiger partial charge in [0, 0.05) is 30.6 Å². The largest absolute Gasteiger partial charge is 0.325 e. The smallest absolute Gasteiger partial charge is 0.270 e. The van der Waals surface area contributed by atoms with Gasteiger partial charge in [-0.1, -0.05) is 30.3 Å². The first-order valence-corrected chi connectivity index (χ1v) is 6.36. The molecule has 0 aliphatic rings. The molecule has 1 aromatic carbocycles. The zero-order valence-electron chi connectivity index (χ0n) is 10.8. The lowest BCUT2D eigenvalue weighted by Crippen LogP contribution is -2.15. The van der Waals surface area contributed by atoms with Crippen LogP contribution in [0.4, 0.5) is 0 Å². The fraction of sp³-hybridized carbons (Fsp3) is 0.0625. The van der Waals surface area contributed by atoms with Crippen molar-refractivity contribution in [1.82, 2.24) is 15.0 Å². The Hall–Kier alpha value is -2.75. The minimum atomic E-state index is -0.151. The first-order valence-electron chi connectivity index (χ1n) is 6.36. The minimum absolute atomic E-state index is 0.151. The average molecular weight is 263 g/mol. The van der Waals surface area contributed by atoms with Crippen LogP contribution in [0.3, 0.4) is 0 Å². The predicted molar refractivity (Wildman–Crippen MR) is 77.3 cm³/mol. The molecular weight excluding hydrogens is 250 g/mol. The first-order chi connectivity index (χ1) is 9.83. The van der Waals surface area contributed by atoms with Crippen molar-refractivity contribution in [3.63, 3.8) is 0 Å². The van der Waals surface area contributed by atoms with Crippen LogP contribution in [0, 0.1) is 0 Å². The van der Waals surface area contributed by atoms with Crippen molar-refractivity contribution in [1.29, 1.82) is 0 Å². The van der Waals surface area contributed by atoms with Crippen LogP contribution in [0.15, 0.2) is 65.8 Å². The molecule has 0 saturated carbocycles. The van der Waals surface area contributed by atoms with Crippen molar-refractivity contribution in [3.05, 3.63) is 82.7 Å². The van der Waals surface area contributed by atoms with Crippen LogP contribution in [0.2, 0.25) is 0 Å². The molecule has 0 bridgehead atoms. The average Bonchev–Trinajstić information content (AvgIpc) is 2.51. The van der Waals surface area contributed by atoms with Crippen LogP contribution in [-0.4, -0.2) is 15.0 Å². The molecule has 0 aliphatic carbocycles. The standard InChI is InChI=1S/C16H13N3O/c20-16-14(9-12-5-2-1-3-6-12)19-15(11-18-16)13-7-4-8-17-10-13/h1-8,10-11H,9H2,(H,18,20). The Kier molecular flexibility index (Phi) is 3.37. The van der Waals surface area contributed by atoms with Crippen molar-refractivity contribution >= 4 is 0 Å². The van der Waals surface area contributed by atoms with E-state index in [1.165, 1.54) is 0 Å². The Labute approximate surface area is 116 Å². The molecule has 0 fully saturated rings. The molecular formula is C16H13N3O. The van der Waals surface area contributed by atoms with E-state index in [-0.39, 0.29) is 5.56 Å². The second-order valence-electron chi connectivity index (χ2n) is 4.47. The Balaban J connectivity index is 1.98. The maximum absolute atomic E-state index is 11.9. The zero-order valence-corrected chi connectivity index (χ0v) is 10.8. The fourth-order valence-corrected chi connectivity index (χ4v) is 2.02. The summed E-state index contributed by atoms with van der Waals surface area (Å²) >= 11 is 0. The zero-order chi connectivity index (χ0) is 13.8. The maximum atomic E-state index is 11.9. The molecule has 20 heavy (non-hydrogen) atoms. The van der Waals surface area contributed by atoms with E-state index in [0.717, 1.165) is 16.8 Å². The quantitative estimate of drug-likeness (QED) is 0.789. The van der Waals surface area contributed by atoms with E-state index in [4.69, 9.17) is 0 Å². The molecule has 2 aromatic heterocycles. The summed E-state index contributed by atoms with van der Waals surface area (Å²) in [7, 11) is 0. The van der Waals surface area contributed by atoms with Crippen molar-refractivity contribution in [2.24, 2.45) is 0 Å². The topological polar surface area (TPSA) is 58.6 Å². The third kappa shape index (κ3) is 2.64. The van der Waals surface area contributed by atoms with E-state index in [1.54, 1.807) is 18.6 Å². The van der Waals surface area contributed by atoms with Crippen LogP contribution in [0.1, 0.15) is 11.3 Å². The van der Waals surface area contributed by atoms with E-state index < -0.39 is 0 Å². The normalized spacial score (nSPS) is 10.4. The monoisotopic (exact) mass is 263 g/mol. The number of H-pyrrole nitrogens is 1. The summed E-state index contributed by atoms with van der Waals surface area (Å²) < 4.78 is 0. The lowest BCUT2D eigenvalue weighted by atomic mass is 10.1. The SMILES string of the molecule is O=c1[nH]cc(-c2cccnc2)nc1Cc1ccccc1. The molecule has 2 heterocycles. The molecule has 0 aliphatic heterocycles. The van der Waals surface area contributed by atoms with Gasteiger partial charge < -0.3 is 4.98 Å². The van der Waals surface area contributed by atoms with Crippen LogP contribution in [-0.2, 0) is 6.42 Å². The summed E-state index contributed by atoms with van der Waals surface area (Å²) in [6.45, 7) is 0. The summed E-state index contributed by atoms with van der Waals surface area (Å²) in [5.74, 6) is 0. The van der Waals surface area contributed by atoms with E-state index in [2.05, 4.69) is 15.0 Å². The van der Waals surface area contributed by atoms with Crippen LogP contribution in [0.5, 0.6) is 0 Å². The summed E-state index contributed by atoms with van der Waals surface area (Å²) in [5.41, 5.74) is 3.04. The number of nitrogens with zero attached hydrogens (tertiary/aromatic N) is 2. The van der Waals surface area contributed by atoms with Crippen LogP contribution < -0.4 is 5.56 Å². The minimum Gasteiger partial charge on any atom is -0.325 e. The number of pyridine rings is 1. The van der Waals surface area contributed by atoms with E-state index in [1.807, 2.05) is 42.5 Å². The molecule has 4 nitrogen and oxygen atoms in total. The molecule has 0 radical (unpaired) electrons. The third-order valence-electron chi connectivity index (χ3n) is 3.03. The molecule has 1 N–H and O–H groups in total. The van der Waals surface area contributed by atoms with Gasteiger partial charge in [0.15, 0.2) is 0 Å². The number of hydrogen-bond donors (Lipinski definition) is 1. The number of aromatic nitrogens is 3. The number of benzene rings is 1. The van der Waals surface area contributed by atoms with Crippen LogP contribution in [0.25, 0.3) is 11.3 Å². The van der Waals surface area contributed by atoms with E-state index in [9.17, 15) is 4.79 Å². The fourth-order valence-electron chi connectivity index (χ4n) is 2.02. The number of hydrogen-bond acceptors (Lipinski definition) is 3. The van der Waals surface area contributed by atoms with Crippen molar-refractivity contribution < 1.29 is 0 Å². The highest BCUT2D eigenvalue weighted by Crippen LogP contribution is 2.14. The predicted octanol–water partition coefficient (Wildman–Crippen LogP) is 2.42. The highest BCUT2D eigenvalue weighted by molar-refractivity contribution is 5.56. The van der Waals surface area contributed by atoms with Gasteiger partial charge in [0.1, 0.15) is 5.69 Å². The molecule has 0 saturated heterocycles. The lowest BCUT2D eigenvalue weighted by molar-refractivity contribution is 0.994. The molecule has 3 aromatic rings. The van der Waals surface area contributed by atoms with Gasteiger partial charge in [0.25, 0.3) is 5.56 Å². The molecule has 3 rings (SSSR count). The first kappa shape index (κ1) is 12.3. The highest BCUT2D eigenvalue weighted by Gasteiger charge is 2.06. The van der Waals surface area contributed by atoms with Gasteiger partial charge in [0.2, 0.25) is 0 Å². The van der Waals surface area contributed by atoms with Gasteiger partial charge in [-0.05, 0) is 17.7 Å². The van der Waals surface area contributed by atoms with Gasteiger partial charge in [0.05, 0.1) is 5.69 Å². The Morgan fingerprint density at radius 2 is 1.90 bits per heavy atom. The van der Waals surface area contributed by atoms with Crippen molar-refractivity contribution in [3.8, 4) is 11.3 Å². The molecule has 4 heteroatoms. The van der Waals surface area contributed by atoms with Gasteiger partial charge in [-0.25, -0.2) is 4.98 Å². The Morgan fingerprint density at radius 1 is 1.05 bits per heavy atom. The lowest BCUT2D eigenvalue weighted by Gasteiger charge is -2.04. The number of rotatable bonds is 3. The molecule has 0 spiro atoms.